The van der Waals surface area contributed by atoms with Crippen molar-refractivity contribution in [2.24, 2.45) is 0 Å². The van der Waals surface area contributed by atoms with Gasteiger partial charge in [0.1, 0.15) is 17.9 Å². The second-order valence-electron chi connectivity index (χ2n) is 12.3. The predicted molar refractivity (Wildman–Crippen MR) is 179 cm³/mol. The summed E-state index contributed by atoms with van der Waals surface area (Å²) in [6, 6.07) is 1.96. The number of hydrogen-bond acceptors (Lipinski definition) is 9. The third-order valence-corrected chi connectivity index (χ3v) is 9.10. The minimum Gasteiger partial charge on any atom is -0.492 e. The summed E-state index contributed by atoms with van der Waals surface area (Å²) >= 11 is 5.95. The van der Waals surface area contributed by atoms with E-state index in [1.807, 2.05) is 36.6 Å². The van der Waals surface area contributed by atoms with E-state index in [-0.39, 0.29) is 41.1 Å². The molecule has 2 N–H and O–H groups in total. The lowest BCUT2D eigenvalue weighted by Gasteiger charge is -2.37. The van der Waals surface area contributed by atoms with Gasteiger partial charge < -0.3 is 29.5 Å². The first-order chi connectivity index (χ1) is 23.3. The Balaban J connectivity index is 1.37. The maximum Gasteiger partial charge on any atom is 0.417 e. The zero-order chi connectivity index (χ0) is 35.2. The van der Waals surface area contributed by atoms with Gasteiger partial charge >= 0.3 is 6.18 Å². The highest BCUT2D eigenvalue weighted by Gasteiger charge is 2.34. The summed E-state index contributed by atoms with van der Waals surface area (Å²) in [4.78, 5) is 36.4. The minimum absolute atomic E-state index is 0.0193. The number of carbonyl (C=O) groups excluding carboxylic acids is 1. The normalized spacial score (nSPS) is 15.7. The number of nitrogens with zero attached hydrogens (tertiary/aromatic N) is 8. The summed E-state index contributed by atoms with van der Waals surface area (Å²) in [7, 11) is 0. The van der Waals surface area contributed by atoms with Gasteiger partial charge in [0.2, 0.25) is 17.6 Å². The highest BCUT2D eigenvalue weighted by atomic mass is 35.5. The first kappa shape index (κ1) is 34.3. The zero-order valence-corrected chi connectivity index (χ0v) is 28.3. The van der Waals surface area contributed by atoms with Crippen molar-refractivity contribution in [3.63, 3.8) is 0 Å². The molecule has 13 nitrogen and oxygen atoms in total. The summed E-state index contributed by atoms with van der Waals surface area (Å²) in [5, 5.41) is 21.8. The number of ether oxygens (including phenoxy) is 1. The average molecular weight is 704 g/mol. The molecule has 2 aliphatic heterocycles. The largest absolute Gasteiger partial charge is 0.492 e. The van der Waals surface area contributed by atoms with Crippen molar-refractivity contribution < 1.29 is 27.8 Å². The zero-order valence-electron chi connectivity index (χ0n) is 27.5. The Hall–Kier alpha value is -4.57. The van der Waals surface area contributed by atoms with Gasteiger partial charge in [-0.1, -0.05) is 24.6 Å². The molecule has 2 aliphatic rings. The lowest BCUT2D eigenvalue weighted by atomic mass is 10.1. The molecule has 4 aromatic rings. The fraction of sp³-hybridized carbons (Fsp3) is 0.469. The number of anilines is 3. The summed E-state index contributed by atoms with van der Waals surface area (Å²) in [5.74, 6) is 0.0357. The van der Waals surface area contributed by atoms with Crippen LogP contribution in [-0.4, -0.2) is 79.4 Å². The third-order valence-electron chi connectivity index (χ3n) is 8.78. The van der Waals surface area contributed by atoms with Crippen LogP contribution in [0.4, 0.5) is 30.2 Å². The summed E-state index contributed by atoms with van der Waals surface area (Å²) < 4.78 is 50.0. The lowest BCUT2D eigenvalue weighted by Crippen LogP contribution is -2.49. The molecule has 5 heterocycles. The Bertz CT molecular complexity index is 1990. The number of amides is 1. The van der Waals surface area contributed by atoms with E-state index in [4.69, 9.17) is 21.3 Å². The van der Waals surface area contributed by atoms with E-state index in [0.29, 0.717) is 75.1 Å². The van der Waals surface area contributed by atoms with Crippen molar-refractivity contribution in [3.05, 3.63) is 62.4 Å². The number of rotatable bonds is 8. The number of carbonyl (C=O) groups is 1. The number of benzene rings is 1. The van der Waals surface area contributed by atoms with Gasteiger partial charge in [-0.05, 0) is 56.9 Å². The van der Waals surface area contributed by atoms with Gasteiger partial charge in [-0.3, -0.25) is 9.59 Å². The van der Waals surface area contributed by atoms with Gasteiger partial charge in [-0.25, -0.2) is 4.68 Å². The van der Waals surface area contributed by atoms with Crippen LogP contribution in [0.2, 0.25) is 5.02 Å². The smallest absolute Gasteiger partial charge is 0.417 e. The molecule has 1 fully saturated rings. The molecule has 262 valence electrons. The standard InChI is InChI=1S/C32H37ClF3N9O4/c1-5-24-27(42-10-8-41(9-11-42)25-16-37-44(18(2)3)29(25)47)30(48)45-31(39-28(40-45)20-6-12-49-13-7-20)43(24)17-26(46)38-23-15-22(33)21(14-19(23)4)32(34,35)36/h6,14-16,18,47H,5,7-13,17H2,1-4H3,(H,38,46). The van der Waals surface area contributed by atoms with Crippen LogP contribution in [-0.2, 0) is 28.7 Å². The number of alkyl halides is 3. The molecule has 0 bridgehead atoms. The van der Waals surface area contributed by atoms with Crippen LogP contribution < -0.4 is 20.7 Å². The second-order valence-corrected chi connectivity index (χ2v) is 12.7. The van der Waals surface area contributed by atoms with E-state index >= 15 is 0 Å². The highest BCUT2D eigenvalue weighted by Crippen LogP contribution is 2.37. The number of fused-ring (bicyclic) bond motifs is 1. The Morgan fingerprint density at radius 1 is 1.16 bits per heavy atom. The van der Waals surface area contributed by atoms with E-state index in [9.17, 15) is 27.9 Å². The number of hydrogen-bond donors (Lipinski definition) is 2. The fourth-order valence-corrected chi connectivity index (χ4v) is 6.55. The fourth-order valence-electron chi connectivity index (χ4n) is 6.28. The predicted octanol–water partition coefficient (Wildman–Crippen LogP) is 4.69. The Morgan fingerprint density at radius 3 is 2.49 bits per heavy atom. The molecule has 17 heteroatoms. The van der Waals surface area contributed by atoms with Crippen molar-refractivity contribution in [2.45, 2.75) is 59.3 Å². The van der Waals surface area contributed by atoms with Gasteiger partial charge in [0.05, 0.1) is 41.7 Å². The van der Waals surface area contributed by atoms with Crippen LogP contribution in [0.15, 0.2) is 29.2 Å². The number of halogens is 4. The molecule has 1 aromatic carbocycles. The van der Waals surface area contributed by atoms with Crippen LogP contribution in [0.25, 0.3) is 11.4 Å². The van der Waals surface area contributed by atoms with Gasteiger partial charge in [0, 0.05) is 31.9 Å². The first-order valence-corrected chi connectivity index (χ1v) is 16.4. The topological polar surface area (TPSA) is 135 Å². The Kier molecular flexibility index (Phi) is 9.37. The van der Waals surface area contributed by atoms with E-state index in [1.165, 1.54) is 11.4 Å². The van der Waals surface area contributed by atoms with Gasteiger partial charge in [0.25, 0.3) is 5.56 Å². The Morgan fingerprint density at radius 2 is 1.88 bits per heavy atom. The number of piperazine rings is 1. The van der Waals surface area contributed by atoms with Gasteiger partial charge in [-0.15, -0.1) is 5.10 Å². The summed E-state index contributed by atoms with van der Waals surface area (Å²) in [5.41, 5.74) is 1.29. The minimum atomic E-state index is -4.65. The van der Waals surface area contributed by atoms with E-state index in [2.05, 4.69) is 15.5 Å². The molecule has 49 heavy (non-hydrogen) atoms. The van der Waals surface area contributed by atoms with Crippen molar-refractivity contribution in [3.8, 4) is 5.88 Å². The molecule has 0 saturated carbocycles. The van der Waals surface area contributed by atoms with Crippen LogP contribution in [0.1, 0.15) is 55.9 Å². The SMILES string of the molecule is CCc1c(N2CCN(c3cnn(C(C)C)c3O)CC2)c(=O)n2nc(C3=CCOCC3)nc2n1CC(=O)Nc1cc(Cl)c(C(F)(F)F)cc1C. The molecular weight excluding hydrogens is 667 g/mol. The van der Waals surface area contributed by atoms with Crippen molar-refractivity contribution in [1.29, 1.82) is 0 Å². The third kappa shape index (κ3) is 6.58. The van der Waals surface area contributed by atoms with E-state index < -0.39 is 22.7 Å². The molecule has 1 amide bonds. The number of aromatic nitrogens is 6. The first-order valence-electron chi connectivity index (χ1n) is 16.0. The molecule has 0 radical (unpaired) electrons. The molecule has 3 aromatic heterocycles. The number of aromatic hydroxyl groups is 1. The average Bonchev–Trinajstić information content (AvgIpc) is 3.68. The molecule has 0 atom stereocenters. The molecular formula is C32H37ClF3N9O4. The number of aryl methyl sites for hydroxylation is 1. The number of nitrogens with one attached hydrogen (secondary N) is 1. The van der Waals surface area contributed by atoms with Gasteiger partial charge in [-0.2, -0.15) is 27.8 Å². The van der Waals surface area contributed by atoms with Crippen molar-refractivity contribution >= 4 is 45.9 Å². The Labute approximate surface area is 284 Å². The summed E-state index contributed by atoms with van der Waals surface area (Å²) in [6.45, 7) is 9.57. The maximum atomic E-state index is 14.2. The summed E-state index contributed by atoms with van der Waals surface area (Å²) in [6.07, 6.45) is -0.247. The maximum absolute atomic E-state index is 14.2. The molecule has 1 saturated heterocycles. The van der Waals surface area contributed by atoms with Crippen molar-refractivity contribution in [2.75, 3.05) is 54.5 Å². The second kappa shape index (κ2) is 13.4. The molecule has 0 spiro atoms. The van der Waals surface area contributed by atoms with Crippen LogP contribution >= 0.6 is 11.6 Å². The van der Waals surface area contributed by atoms with Crippen LogP contribution in [0.3, 0.4) is 0 Å². The molecule has 0 aliphatic carbocycles. The quantitative estimate of drug-likeness (QED) is 0.268. The lowest BCUT2D eigenvalue weighted by molar-refractivity contribution is -0.137. The molecule has 6 rings (SSSR count). The van der Waals surface area contributed by atoms with Crippen molar-refractivity contribution in [1.82, 2.24) is 28.9 Å². The monoisotopic (exact) mass is 703 g/mol. The van der Waals surface area contributed by atoms with Crippen LogP contribution in [0.5, 0.6) is 5.88 Å². The van der Waals surface area contributed by atoms with E-state index in [1.54, 1.807) is 15.4 Å². The van der Waals surface area contributed by atoms with E-state index in [0.717, 1.165) is 17.7 Å². The highest BCUT2D eigenvalue weighted by molar-refractivity contribution is 6.31. The van der Waals surface area contributed by atoms with Gasteiger partial charge in [0.15, 0.2) is 5.82 Å². The molecule has 0 unspecified atom stereocenters. The van der Waals surface area contributed by atoms with Crippen LogP contribution in [0, 0.1) is 6.92 Å².